The van der Waals surface area contributed by atoms with Crippen LogP contribution in [0.3, 0.4) is 0 Å². The van der Waals surface area contributed by atoms with Crippen molar-refractivity contribution in [2.24, 2.45) is 5.73 Å². The molecule has 1 aromatic heterocycles. The van der Waals surface area contributed by atoms with Crippen LogP contribution in [0.4, 0.5) is 0 Å². The van der Waals surface area contributed by atoms with Crippen molar-refractivity contribution in [3.8, 4) is 22.8 Å². The van der Waals surface area contributed by atoms with E-state index in [1.807, 2.05) is 6.92 Å². The highest BCUT2D eigenvalue weighted by Crippen LogP contribution is 2.35. The zero-order chi connectivity index (χ0) is 17.1. The van der Waals surface area contributed by atoms with Crippen LogP contribution in [0.25, 0.3) is 11.3 Å². The molecule has 0 radical (unpaired) electrons. The molecular formula is C15H17N3O4S. The average Bonchev–Trinajstić information content (AvgIpc) is 2.49. The molecule has 7 nitrogen and oxygen atoms in total. The van der Waals surface area contributed by atoms with E-state index in [0.717, 1.165) is 5.56 Å². The Labute approximate surface area is 137 Å². The largest absolute Gasteiger partial charge is 0.496 e. The lowest BCUT2D eigenvalue weighted by Crippen LogP contribution is -2.23. The van der Waals surface area contributed by atoms with E-state index in [0.29, 0.717) is 22.8 Å². The fourth-order valence-electron chi connectivity index (χ4n) is 2.31. The molecule has 1 heterocycles. The fourth-order valence-corrected chi connectivity index (χ4v) is 2.57. The van der Waals surface area contributed by atoms with Crippen LogP contribution < -0.4 is 20.8 Å². The summed E-state index contributed by atoms with van der Waals surface area (Å²) in [5, 5.41) is 0. The number of primary amides is 1. The maximum atomic E-state index is 11.8. The van der Waals surface area contributed by atoms with Crippen LogP contribution in [0.1, 0.15) is 5.56 Å². The summed E-state index contributed by atoms with van der Waals surface area (Å²) in [4.78, 5) is 25.6. The number of rotatable bonds is 5. The zero-order valence-electron chi connectivity index (χ0n) is 13.0. The normalized spacial score (nSPS) is 10.4. The Balaban J connectivity index is 2.82. The Kier molecular flexibility index (Phi) is 4.85. The lowest BCUT2D eigenvalue weighted by Gasteiger charge is -2.17. The van der Waals surface area contributed by atoms with E-state index in [1.54, 1.807) is 19.2 Å². The second-order valence-corrected chi connectivity index (χ2v) is 5.29. The molecule has 122 valence electrons. The van der Waals surface area contributed by atoms with Crippen LogP contribution in [0, 0.1) is 11.7 Å². The SMILES string of the molecule is COc1cc(-c2cc(=O)[nH]c(=S)n2CC(N)=O)c(OC)cc1C. The topological polar surface area (TPSA) is 99.3 Å². The Hall–Kier alpha value is -2.61. The highest BCUT2D eigenvalue weighted by atomic mass is 32.1. The van der Waals surface area contributed by atoms with E-state index < -0.39 is 5.91 Å². The van der Waals surface area contributed by atoms with Crippen molar-refractivity contribution in [2.75, 3.05) is 14.2 Å². The highest BCUT2D eigenvalue weighted by Gasteiger charge is 2.16. The predicted octanol–water partition coefficient (Wildman–Crippen LogP) is 1.38. The Bertz CT molecular complexity index is 870. The van der Waals surface area contributed by atoms with Gasteiger partial charge < -0.3 is 19.8 Å². The molecule has 2 rings (SSSR count). The van der Waals surface area contributed by atoms with Gasteiger partial charge in [0.25, 0.3) is 5.56 Å². The third-order valence-corrected chi connectivity index (χ3v) is 3.66. The maximum absolute atomic E-state index is 11.8. The summed E-state index contributed by atoms with van der Waals surface area (Å²) in [6.07, 6.45) is 0. The van der Waals surface area contributed by atoms with Gasteiger partial charge in [-0.3, -0.25) is 14.6 Å². The first kappa shape index (κ1) is 16.8. The van der Waals surface area contributed by atoms with Crippen LogP contribution in [-0.2, 0) is 11.3 Å². The number of aromatic nitrogens is 2. The van der Waals surface area contributed by atoms with Crippen LogP contribution in [0.5, 0.6) is 11.5 Å². The first-order valence-corrected chi connectivity index (χ1v) is 7.13. The van der Waals surface area contributed by atoms with Gasteiger partial charge in [-0.1, -0.05) is 0 Å². The second kappa shape index (κ2) is 6.66. The molecule has 1 amide bonds. The van der Waals surface area contributed by atoms with Crippen LogP contribution >= 0.6 is 12.2 Å². The van der Waals surface area contributed by atoms with Crippen molar-refractivity contribution in [3.63, 3.8) is 0 Å². The van der Waals surface area contributed by atoms with Gasteiger partial charge in [0.1, 0.15) is 18.0 Å². The molecule has 0 saturated carbocycles. The smallest absolute Gasteiger partial charge is 0.252 e. The second-order valence-electron chi connectivity index (χ2n) is 4.90. The van der Waals surface area contributed by atoms with Crippen LogP contribution in [0.15, 0.2) is 23.0 Å². The summed E-state index contributed by atoms with van der Waals surface area (Å²) in [7, 11) is 3.07. The number of carbonyl (C=O) groups is 1. The average molecular weight is 335 g/mol. The van der Waals surface area contributed by atoms with E-state index in [4.69, 9.17) is 27.4 Å². The number of nitrogens with two attached hydrogens (primary N) is 1. The number of ether oxygens (including phenoxy) is 2. The minimum absolute atomic E-state index is 0.105. The van der Waals surface area contributed by atoms with Crippen molar-refractivity contribution in [2.45, 2.75) is 13.5 Å². The number of nitrogens with one attached hydrogen (secondary N) is 1. The van der Waals surface area contributed by atoms with Crippen LogP contribution in [0.2, 0.25) is 0 Å². The fraction of sp³-hybridized carbons (Fsp3) is 0.267. The molecule has 0 unspecified atom stereocenters. The summed E-state index contributed by atoms with van der Waals surface area (Å²) in [5.74, 6) is 0.576. The number of hydrogen-bond donors (Lipinski definition) is 2. The third kappa shape index (κ3) is 3.42. The minimum Gasteiger partial charge on any atom is -0.496 e. The first-order chi connectivity index (χ1) is 10.9. The number of carbonyl (C=O) groups excluding carboxylic acids is 1. The predicted molar refractivity (Wildman–Crippen MR) is 88.4 cm³/mol. The monoisotopic (exact) mass is 335 g/mol. The lowest BCUT2D eigenvalue weighted by atomic mass is 10.1. The van der Waals surface area contributed by atoms with Gasteiger partial charge in [-0.15, -0.1) is 0 Å². The molecule has 8 heteroatoms. The summed E-state index contributed by atoms with van der Waals surface area (Å²) in [6.45, 7) is 1.71. The Morgan fingerprint density at radius 2 is 1.91 bits per heavy atom. The molecule has 0 spiro atoms. The highest BCUT2D eigenvalue weighted by molar-refractivity contribution is 7.71. The van der Waals surface area contributed by atoms with Crippen molar-refractivity contribution in [3.05, 3.63) is 38.9 Å². The molecule has 0 atom stereocenters. The van der Waals surface area contributed by atoms with Crippen molar-refractivity contribution < 1.29 is 14.3 Å². The summed E-state index contributed by atoms with van der Waals surface area (Å²) in [6, 6.07) is 4.85. The van der Waals surface area contributed by atoms with Gasteiger partial charge in [0, 0.05) is 11.6 Å². The summed E-state index contributed by atoms with van der Waals surface area (Å²) >= 11 is 5.14. The molecule has 0 aliphatic carbocycles. The van der Waals surface area contributed by atoms with E-state index in [2.05, 4.69) is 4.98 Å². The number of aryl methyl sites for hydroxylation is 1. The molecule has 23 heavy (non-hydrogen) atoms. The van der Waals surface area contributed by atoms with Gasteiger partial charge in [-0.05, 0) is 36.8 Å². The van der Waals surface area contributed by atoms with E-state index in [1.165, 1.54) is 17.7 Å². The van der Waals surface area contributed by atoms with E-state index in [-0.39, 0.29) is 16.9 Å². The van der Waals surface area contributed by atoms with Crippen molar-refractivity contribution in [1.82, 2.24) is 9.55 Å². The summed E-state index contributed by atoms with van der Waals surface area (Å²) < 4.78 is 12.3. The third-order valence-electron chi connectivity index (χ3n) is 3.34. The van der Waals surface area contributed by atoms with Gasteiger partial charge in [-0.2, -0.15) is 0 Å². The lowest BCUT2D eigenvalue weighted by molar-refractivity contribution is -0.118. The Morgan fingerprint density at radius 1 is 1.26 bits per heavy atom. The summed E-state index contributed by atoms with van der Waals surface area (Å²) in [5.41, 5.74) is 6.77. The number of benzene rings is 1. The number of H-pyrrole nitrogens is 1. The molecule has 1 aromatic carbocycles. The van der Waals surface area contributed by atoms with Crippen LogP contribution in [-0.4, -0.2) is 29.7 Å². The molecule has 0 saturated heterocycles. The van der Waals surface area contributed by atoms with Crippen molar-refractivity contribution in [1.29, 1.82) is 0 Å². The number of methoxy groups -OCH3 is 2. The molecular weight excluding hydrogens is 318 g/mol. The molecule has 0 aliphatic heterocycles. The Morgan fingerprint density at radius 3 is 2.48 bits per heavy atom. The van der Waals surface area contributed by atoms with Gasteiger partial charge in [0.2, 0.25) is 5.91 Å². The molecule has 2 aromatic rings. The number of nitrogens with zero attached hydrogens (tertiary/aromatic N) is 1. The zero-order valence-corrected chi connectivity index (χ0v) is 13.8. The van der Waals surface area contributed by atoms with Gasteiger partial charge >= 0.3 is 0 Å². The van der Waals surface area contributed by atoms with E-state index >= 15 is 0 Å². The minimum atomic E-state index is -0.576. The number of aromatic amines is 1. The van der Waals surface area contributed by atoms with Gasteiger partial charge in [-0.25, -0.2) is 0 Å². The first-order valence-electron chi connectivity index (χ1n) is 6.72. The van der Waals surface area contributed by atoms with E-state index in [9.17, 15) is 9.59 Å². The molecule has 0 bridgehead atoms. The van der Waals surface area contributed by atoms with Gasteiger partial charge in [0.05, 0.1) is 19.9 Å². The quantitative estimate of drug-likeness (QED) is 0.804. The molecule has 0 aliphatic rings. The number of amides is 1. The standard InChI is InChI=1S/C15H17N3O4S/c1-8-4-12(22-3)9(5-11(8)21-2)10-6-14(20)17-15(23)18(10)7-13(16)19/h4-6H,7H2,1-3H3,(H2,16,19)(H,17,20,23). The van der Waals surface area contributed by atoms with Crippen molar-refractivity contribution >= 4 is 18.1 Å². The number of hydrogen-bond acceptors (Lipinski definition) is 5. The van der Waals surface area contributed by atoms with Gasteiger partial charge in [0.15, 0.2) is 4.77 Å². The molecule has 0 fully saturated rings. The molecule has 3 N–H and O–H groups in total. The maximum Gasteiger partial charge on any atom is 0.252 e.